The number of fused-ring (bicyclic) bond motifs is 2. The number of pyridine rings is 2. The Bertz CT molecular complexity index is 1830. The molecule has 0 spiro atoms. The van der Waals surface area contributed by atoms with Gasteiger partial charge in [-0.15, -0.1) is 0 Å². The van der Waals surface area contributed by atoms with Crippen molar-refractivity contribution in [3.8, 4) is 11.4 Å². The smallest absolute Gasteiger partial charge is 0.419 e. The van der Waals surface area contributed by atoms with E-state index in [0.29, 0.717) is 17.6 Å². The van der Waals surface area contributed by atoms with E-state index < -0.39 is 39.4 Å². The SMILES string of the molecule is CCOC(=O)Nc1ccc2cc(S(=O)(=O)CC)c(-c3c(Cl)c4ncc(C(F)(F)F)cc4n3C(=O)OC(C)(C)C)nc2c1. The number of nitrogens with zero attached hydrogens (tertiary/aromatic N) is 3. The molecule has 0 aliphatic rings. The lowest BCUT2D eigenvalue weighted by molar-refractivity contribution is -0.137. The number of anilines is 1. The predicted molar refractivity (Wildman–Crippen MR) is 150 cm³/mol. The molecule has 3 aromatic heterocycles. The van der Waals surface area contributed by atoms with Gasteiger partial charge in [0, 0.05) is 17.3 Å². The number of rotatable bonds is 5. The number of carbonyl (C=O) groups is 2. The standard InChI is InChI=1S/C27H26ClF3N4O6S/c1-6-40-24(36)33-16-9-8-14-10-19(42(38,39)7-2)22(34-17(14)12-16)23-20(28)21-18(11-15(13-32-21)27(29,30)31)35(23)25(37)41-26(3,4)5/h8-13H,6-7H2,1-5H3,(H,33,36). The minimum atomic E-state index is -4.81. The van der Waals surface area contributed by atoms with Crippen molar-refractivity contribution in [3.63, 3.8) is 0 Å². The van der Waals surface area contributed by atoms with Gasteiger partial charge in [-0.3, -0.25) is 10.3 Å². The van der Waals surface area contributed by atoms with Gasteiger partial charge in [-0.25, -0.2) is 27.6 Å². The molecule has 4 aromatic rings. The Balaban J connectivity index is 2.11. The number of hydrogen-bond acceptors (Lipinski definition) is 8. The molecule has 42 heavy (non-hydrogen) atoms. The number of halogens is 4. The van der Waals surface area contributed by atoms with Gasteiger partial charge in [-0.2, -0.15) is 13.2 Å². The first kappa shape index (κ1) is 31.0. The quantitative estimate of drug-likeness (QED) is 0.249. The first-order valence-corrected chi connectivity index (χ1v) is 14.6. The van der Waals surface area contributed by atoms with E-state index >= 15 is 0 Å². The van der Waals surface area contributed by atoms with Crippen LogP contribution in [0.5, 0.6) is 0 Å². The normalized spacial score (nSPS) is 12.5. The van der Waals surface area contributed by atoms with Gasteiger partial charge in [0.15, 0.2) is 9.84 Å². The van der Waals surface area contributed by atoms with E-state index in [9.17, 15) is 31.2 Å². The molecule has 0 saturated heterocycles. The first-order valence-electron chi connectivity index (χ1n) is 12.6. The fourth-order valence-corrected chi connectivity index (χ4v) is 5.43. The van der Waals surface area contributed by atoms with Crippen molar-refractivity contribution in [2.24, 2.45) is 0 Å². The van der Waals surface area contributed by atoms with Crippen LogP contribution in [-0.2, 0) is 25.5 Å². The minimum Gasteiger partial charge on any atom is -0.450 e. The Morgan fingerprint density at radius 3 is 2.38 bits per heavy atom. The third-order valence-corrected chi connectivity index (χ3v) is 7.99. The summed E-state index contributed by atoms with van der Waals surface area (Å²) in [5.41, 5.74) is -3.02. The third-order valence-electron chi connectivity index (χ3n) is 5.90. The summed E-state index contributed by atoms with van der Waals surface area (Å²) >= 11 is 6.65. The molecule has 4 rings (SSSR count). The Morgan fingerprint density at radius 2 is 1.79 bits per heavy atom. The number of ether oxygens (including phenoxy) is 2. The summed E-state index contributed by atoms with van der Waals surface area (Å²) in [6.45, 7) is 7.81. The Kier molecular flexibility index (Phi) is 8.17. The van der Waals surface area contributed by atoms with Crippen molar-refractivity contribution in [1.29, 1.82) is 0 Å². The van der Waals surface area contributed by atoms with E-state index in [2.05, 4.69) is 15.3 Å². The van der Waals surface area contributed by atoms with Crippen LogP contribution in [0, 0.1) is 0 Å². The van der Waals surface area contributed by atoms with Gasteiger partial charge in [0.25, 0.3) is 0 Å². The lowest BCUT2D eigenvalue weighted by Crippen LogP contribution is -2.27. The van der Waals surface area contributed by atoms with Crippen molar-refractivity contribution in [2.75, 3.05) is 17.7 Å². The van der Waals surface area contributed by atoms with Gasteiger partial charge >= 0.3 is 18.4 Å². The molecule has 0 aliphatic carbocycles. The number of nitrogens with one attached hydrogen (secondary N) is 1. The molecule has 0 saturated carbocycles. The molecule has 0 fully saturated rings. The van der Waals surface area contributed by atoms with Crippen molar-refractivity contribution in [1.82, 2.24) is 14.5 Å². The molecule has 1 aromatic carbocycles. The van der Waals surface area contributed by atoms with Crippen LogP contribution in [0.15, 0.2) is 41.4 Å². The van der Waals surface area contributed by atoms with E-state index in [-0.39, 0.29) is 55.9 Å². The second-order valence-corrected chi connectivity index (χ2v) is 12.7. The van der Waals surface area contributed by atoms with E-state index in [4.69, 9.17) is 21.1 Å². The molecular weight excluding hydrogens is 601 g/mol. The molecular formula is C27H26ClF3N4O6S. The van der Waals surface area contributed by atoms with Gasteiger partial charge in [0.05, 0.1) is 38.9 Å². The summed E-state index contributed by atoms with van der Waals surface area (Å²) in [5, 5.41) is 2.56. The average molecular weight is 627 g/mol. The largest absolute Gasteiger partial charge is 0.450 e. The molecule has 15 heteroatoms. The molecule has 3 heterocycles. The summed E-state index contributed by atoms with van der Waals surface area (Å²) < 4.78 is 78.6. The summed E-state index contributed by atoms with van der Waals surface area (Å²) in [4.78, 5) is 33.5. The van der Waals surface area contributed by atoms with Crippen molar-refractivity contribution >= 4 is 61.2 Å². The van der Waals surface area contributed by atoms with Crippen LogP contribution in [0.4, 0.5) is 28.4 Å². The minimum absolute atomic E-state index is 0.123. The molecule has 10 nitrogen and oxygen atoms in total. The lowest BCUT2D eigenvalue weighted by atomic mass is 10.1. The number of carbonyl (C=O) groups excluding carboxylic acids is 2. The van der Waals surface area contributed by atoms with E-state index in [1.54, 1.807) is 27.7 Å². The van der Waals surface area contributed by atoms with Gasteiger partial charge in [0.1, 0.15) is 22.5 Å². The Hall–Kier alpha value is -3.91. The summed E-state index contributed by atoms with van der Waals surface area (Å²) in [5.74, 6) is -0.365. The first-order chi connectivity index (χ1) is 19.5. The fourth-order valence-electron chi connectivity index (χ4n) is 4.06. The highest BCUT2D eigenvalue weighted by molar-refractivity contribution is 7.91. The highest BCUT2D eigenvalue weighted by atomic mass is 35.5. The molecule has 0 radical (unpaired) electrons. The molecule has 1 N–H and O–H groups in total. The molecule has 1 amide bonds. The molecule has 0 bridgehead atoms. The number of alkyl halides is 3. The predicted octanol–water partition coefficient (Wildman–Crippen LogP) is 7.07. The molecule has 0 aliphatic heterocycles. The maximum atomic E-state index is 13.6. The van der Waals surface area contributed by atoms with Crippen LogP contribution in [0.3, 0.4) is 0 Å². The Morgan fingerprint density at radius 1 is 1.10 bits per heavy atom. The van der Waals surface area contributed by atoms with Gasteiger partial charge in [0.2, 0.25) is 0 Å². The summed E-state index contributed by atoms with van der Waals surface area (Å²) in [6, 6.07) is 6.46. The summed E-state index contributed by atoms with van der Waals surface area (Å²) in [6.07, 6.45) is -6.11. The topological polar surface area (TPSA) is 129 Å². The van der Waals surface area contributed by atoms with Crippen LogP contribution in [0.1, 0.15) is 40.2 Å². The van der Waals surface area contributed by atoms with E-state index in [1.807, 2.05) is 0 Å². The van der Waals surface area contributed by atoms with E-state index in [1.165, 1.54) is 31.2 Å². The molecule has 0 atom stereocenters. The number of sulfone groups is 1. The monoisotopic (exact) mass is 626 g/mol. The second kappa shape index (κ2) is 11.1. The van der Waals surface area contributed by atoms with Crippen LogP contribution in [0.25, 0.3) is 33.3 Å². The van der Waals surface area contributed by atoms with Crippen LogP contribution in [0.2, 0.25) is 5.02 Å². The van der Waals surface area contributed by atoms with Crippen molar-refractivity contribution in [3.05, 3.63) is 47.1 Å². The number of aromatic nitrogens is 3. The number of hydrogen-bond donors (Lipinski definition) is 1. The highest BCUT2D eigenvalue weighted by Crippen LogP contribution is 2.42. The zero-order valence-electron chi connectivity index (χ0n) is 23.1. The molecule has 0 unspecified atom stereocenters. The van der Waals surface area contributed by atoms with Gasteiger partial charge in [-0.05, 0) is 52.0 Å². The van der Waals surface area contributed by atoms with Gasteiger partial charge in [-0.1, -0.05) is 24.6 Å². The third kappa shape index (κ3) is 6.14. The second-order valence-electron chi connectivity index (χ2n) is 10.1. The summed E-state index contributed by atoms with van der Waals surface area (Å²) in [7, 11) is -4.04. The average Bonchev–Trinajstić information content (AvgIpc) is 3.18. The zero-order chi connectivity index (χ0) is 31.2. The molecule has 224 valence electrons. The maximum absolute atomic E-state index is 13.6. The zero-order valence-corrected chi connectivity index (χ0v) is 24.7. The van der Waals surface area contributed by atoms with Crippen molar-refractivity contribution in [2.45, 2.75) is 51.3 Å². The van der Waals surface area contributed by atoms with Crippen LogP contribution >= 0.6 is 11.6 Å². The number of amides is 1. The maximum Gasteiger partial charge on any atom is 0.419 e. The Labute approximate surface area is 243 Å². The van der Waals surface area contributed by atoms with Crippen LogP contribution in [-0.4, -0.2) is 53.1 Å². The van der Waals surface area contributed by atoms with Crippen LogP contribution < -0.4 is 5.32 Å². The lowest BCUT2D eigenvalue weighted by Gasteiger charge is -2.21. The fraction of sp³-hybridized carbons (Fsp3) is 0.333. The van der Waals surface area contributed by atoms with Gasteiger partial charge < -0.3 is 9.47 Å². The highest BCUT2D eigenvalue weighted by Gasteiger charge is 2.35. The number of benzene rings is 1. The van der Waals surface area contributed by atoms with Crippen molar-refractivity contribution < 1.29 is 40.7 Å². The van der Waals surface area contributed by atoms with E-state index in [0.717, 1.165) is 4.57 Å².